The normalized spacial score (nSPS) is 10.6. The summed E-state index contributed by atoms with van der Waals surface area (Å²) in [6.45, 7) is 7.83. The van der Waals surface area contributed by atoms with Crippen LogP contribution in [0.15, 0.2) is 0 Å². The summed E-state index contributed by atoms with van der Waals surface area (Å²) < 4.78 is 23.3. The fourth-order valence-electron chi connectivity index (χ4n) is 1.32. The zero-order chi connectivity index (χ0) is 20.7. The van der Waals surface area contributed by atoms with Gasteiger partial charge in [-0.05, 0) is 6.92 Å². The Kier molecular flexibility index (Phi) is 14.4. The maximum absolute atomic E-state index is 10.6. The van der Waals surface area contributed by atoms with Crippen LogP contribution in [0, 0.1) is 0 Å². The fraction of sp³-hybridized carbons (Fsp3) is 0.688. The number of ether oxygens (including phenoxy) is 5. The molecule has 0 amide bonds. The Morgan fingerprint density at radius 1 is 0.577 bits per heavy atom. The molecule has 1 unspecified atom stereocenters. The first-order valence-corrected chi connectivity index (χ1v) is 7.68. The molecule has 0 rings (SSSR count). The van der Waals surface area contributed by atoms with Gasteiger partial charge >= 0.3 is 29.8 Å². The molecule has 0 fully saturated rings. The summed E-state index contributed by atoms with van der Waals surface area (Å²) in [6.07, 6.45) is -1.12. The SMILES string of the molecule is CC(=O)OCC(C)OC(C)=O.CC(=O)OCC(COC(C)=O)OC(C)=O. The monoisotopic (exact) mass is 378 g/mol. The first-order chi connectivity index (χ1) is 11.9. The first kappa shape index (κ1) is 25.6. The molecule has 0 spiro atoms. The van der Waals surface area contributed by atoms with Gasteiger partial charge in [0.25, 0.3) is 0 Å². The Morgan fingerprint density at radius 2 is 0.923 bits per heavy atom. The molecular weight excluding hydrogens is 352 g/mol. The van der Waals surface area contributed by atoms with Crippen LogP contribution in [0.5, 0.6) is 0 Å². The van der Waals surface area contributed by atoms with Crippen molar-refractivity contribution in [3.05, 3.63) is 0 Å². The minimum Gasteiger partial charge on any atom is -0.462 e. The summed E-state index contributed by atoms with van der Waals surface area (Å²) in [5, 5.41) is 0. The lowest BCUT2D eigenvalue weighted by atomic mass is 10.4. The van der Waals surface area contributed by atoms with Crippen LogP contribution in [-0.2, 0) is 47.7 Å². The second-order valence-electron chi connectivity index (χ2n) is 5.06. The van der Waals surface area contributed by atoms with Crippen LogP contribution in [0.3, 0.4) is 0 Å². The maximum Gasteiger partial charge on any atom is 0.303 e. The van der Waals surface area contributed by atoms with Gasteiger partial charge in [0.2, 0.25) is 0 Å². The molecule has 0 aliphatic rings. The molecule has 0 aromatic carbocycles. The van der Waals surface area contributed by atoms with Crippen LogP contribution < -0.4 is 0 Å². The van der Waals surface area contributed by atoms with Crippen molar-refractivity contribution in [1.82, 2.24) is 0 Å². The van der Waals surface area contributed by atoms with Crippen LogP contribution in [0.25, 0.3) is 0 Å². The predicted octanol–water partition coefficient (Wildman–Crippen LogP) is 0.545. The van der Waals surface area contributed by atoms with Crippen LogP contribution in [0.1, 0.15) is 41.5 Å². The molecule has 150 valence electrons. The number of hydrogen-bond donors (Lipinski definition) is 0. The summed E-state index contributed by atoms with van der Waals surface area (Å²) in [4.78, 5) is 52.3. The molecule has 10 heteroatoms. The Hall–Kier alpha value is -2.65. The van der Waals surface area contributed by atoms with Crippen molar-refractivity contribution >= 4 is 29.8 Å². The van der Waals surface area contributed by atoms with Crippen molar-refractivity contribution in [3.63, 3.8) is 0 Å². The third-order valence-corrected chi connectivity index (χ3v) is 2.17. The van der Waals surface area contributed by atoms with E-state index in [4.69, 9.17) is 4.74 Å². The molecular formula is C16H26O10. The summed E-state index contributed by atoms with van der Waals surface area (Å²) in [5.74, 6) is -2.25. The summed E-state index contributed by atoms with van der Waals surface area (Å²) >= 11 is 0. The number of esters is 5. The van der Waals surface area contributed by atoms with Gasteiger partial charge in [-0.2, -0.15) is 0 Å². The fourth-order valence-corrected chi connectivity index (χ4v) is 1.32. The molecule has 0 saturated heterocycles. The molecule has 10 nitrogen and oxygen atoms in total. The second-order valence-corrected chi connectivity index (χ2v) is 5.06. The van der Waals surface area contributed by atoms with E-state index in [9.17, 15) is 24.0 Å². The lowest BCUT2D eigenvalue weighted by Gasteiger charge is -2.15. The third kappa shape index (κ3) is 21.4. The Bertz CT molecular complexity index is 467. The van der Waals surface area contributed by atoms with Crippen LogP contribution in [0.4, 0.5) is 0 Å². The average Bonchev–Trinajstić information content (AvgIpc) is 2.47. The molecule has 0 radical (unpaired) electrons. The highest BCUT2D eigenvalue weighted by Gasteiger charge is 2.15. The predicted molar refractivity (Wildman–Crippen MR) is 86.7 cm³/mol. The summed E-state index contributed by atoms with van der Waals surface area (Å²) in [7, 11) is 0. The zero-order valence-corrected chi connectivity index (χ0v) is 15.9. The molecule has 0 bridgehead atoms. The van der Waals surface area contributed by atoms with Gasteiger partial charge in [-0.15, -0.1) is 0 Å². The number of rotatable bonds is 8. The standard InChI is InChI=1S/C9H14O6.C7H12O4/c1-6(10)13-4-9(15-8(3)12)5-14-7(2)11;1-5(11-7(3)9)4-10-6(2)8/h9H,4-5H2,1-3H3;5H,4H2,1-3H3. The topological polar surface area (TPSA) is 132 Å². The Balaban J connectivity index is 0. The minimum atomic E-state index is -0.754. The maximum atomic E-state index is 10.6. The van der Waals surface area contributed by atoms with E-state index >= 15 is 0 Å². The molecule has 1 atom stereocenters. The van der Waals surface area contributed by atoms with E-state index in [0.29, 0.717) is 0 Å². The number of hydrogen-bond acceptors (Lipinski definition) is 10. The third-order valence-electron chi connectivity index (χ3n) is 2.17. The average molecular weight is 378 g/mol. The van der Waals surface area contributed by atoms with Crippen molar-refractivity contribution in [2.45, 2.75) is 53.8 Å². The molecule has 0 aliphatic carbocycles. The highest BCUT2D eigenvalue weighted by molar-refractivity contribution is 5.68. The highest BCUT2D eigenvalue weighted by Crippen LogP contribution is 1.97. The number of carbonyl (C=O) groups excluding carboxylic acids is 5. The Morgan fingerprint density at radius 3 is 1.23 bits per heavy atom. The van der Waals surface area contributed by atoms with Crippen molar-refractivity contribution in [3.8, 4) is 0 Å². The minimum absolute atomic E-state index is 0.120. The number of carbonyl (C=O) groups is 5. The first-order valence-electron chi connectivity index (χ1n) is 7.68. The van der Waals surface area contributed by atoms with Gasteiger partial charge in [0.15, 0.2) is 6.10 Å². The van der Waals surface area contributed by atoms with E-state index in [2.05, 4.69) is 18.9 Å². The van der Waals surface area contributed by atoms with E-state index in [1.807, 2.05) is 0 Å². The van der Waals surface area contributed by atoms with Gasteiger partial charge in [0.1, 0.15) is 25.9 Å². The van der Waals surface area contributed by atoms with Crippen LogP contribution in [0.2, 0.25) is 0 Å². The molecule has 0 aliphatic heterocycles. The second kappa shape index (κ2) is 14.7. The van der Waals surface area contributed by atoms with Gasteiger partial charge in [0.05, 0.1) is 0 Å². The largest absolute Gasteiger partial charge is 0.462 e. The van der Waals surface area contributed by atoms with Crippen molar-refractivity contribution in [2.24, 2.45) is 0 Å². The highest BCUT2D eigenvalue weighted by atomic mass is 16.6. The van der Waals surface area contributed by atoms with Gasteiger partial charge in [-0.25, -0.2) is 0 Å². The van der Waals surface area contributed by atoms with Gasteiger partial charge in [-0.1, -0.05) is 0 Å². The van der Waals surface area contributed by atoms with E-state index < -0.39 is 24.0 Å². The van der Waals surface area contributed by atoms with E-state index in [1.54, 1.807) is 6.92 Å². The summed E-state index contributed by atoms with van der Waals surface area (Å²) in [6, 6.07) is 0. The van der Waals surface area contributed by atoms with Crippen molar-refractivity contribution < 1.29 is 47.7 Å². The zero-order valence-electron chi connectivity index (χ0n) is 15.9. The van der Waals surface area contributed by atoms with Crippen LogP contribution in [-0.4, -0.2) is 61.9 Å². The van der Waals surface area contributed by atoms with E-state index in [1.165, 1.54) is 34.6 Å². The van der Waals surface area contributed by atoms with Gasteiger partial charge in [-0.3, -0.25) is 24.0 Å². The van der Waals surface area contributed by atoms with Gasteiger partial charge in [0, 0.05) is 34.6 Å². The Labute approximate surface area is 152 Å². The lowest BCUT2D eigenvalue weighted by Crippen LogP contribution is -2.29. The van der Waals surface area contributed by atoms with Crippen LogP contribution >= 0.6 is 0 Å². The van der Waals surface area contributed by atoms with E-state index in [0.717, 1.165) is 0 Å². The van der Waals surface area contributed by atoms with Crippen molar-refractivity contribution in [1.29, 1.82) is 0 Å². The molecule has 0 heterocycles. The molecule has 0 aromatic rings. The van der Waals surface area contributed by atoms with Crippen molar-refractivity contribution in [2.75, 3.05) is 19.8 Å². The summed E-state index contributed by atoms with van der Waals surface area (Å²) in [5.41, 5.74) is 0. The molecule has 26 heavy (non-hydrogen) atoms. The van der Waals surface area contributed by atoms with E-state index in [-0.39, 0.29) is 37.9 Å². The molecule has 0 N–H and O–H groups in total. The molecule has 0 aromatic heterocycles. The lowest BCUT2D eigenvalue weighted by molar-refractivity contribution is -0.163. The van der Waals surface area contributed by atoms with Gasteiger partial charge < -0.3 is 23.7 Å². The quantitative estimate of drug-likeness (QED) is 0.435. The smallest absolute Gasteiger partial charge is 0.303 e. The molecule has 0 saturated carbocycles.